The van der Waals surface area contributed by atoms with E-state index in [2.05, 4.69) is 15.0 Å². The first-order chi connectivity index (χ1) is 40.2. The molecule has 3 aromatic heterocycles. The molecule has 84 heavy (non-hydrogen) atoms. The summed E-state index contributed by atoms with van der Waals surface area (Å²) in [5, 5.41) is 5.25. The van der Waals surface area contributed by atoms with Gasteiger partial charge in [-0.2, -0.15) is 0 Å². The Morgan fingerprint density at radius 3 is 0.488 bits per heavy atom. The van der Waals surface area contributed by atoms with Gasteiger partial charge in [0.25, 0.3) is 0 Å². The summed E-state index contributed by atoms with van der Waals surface area (Å²) in [7, 11) is 0. The summed E-state index contributed by atoms with van der Waals surface area (Å²) in [4.78, 5) is 11.0. The number of ether oxygens (including phenoxy) is 20. The van der Waals surface area contributed by atoms with Gasteiger partial charge in [-0.3, -0.25) is 0 Å². The molecule has 26 nitrogen and oxygen atoms in total. The van der Waals surface area contributed by atoms with E-state index in [1.54, 1.807) is 61.1 Å². The van der Waals surface area contributed by atoms with E-state index in [0.29, 0.717) is 281 Å². The second kappa shape index (κ2) is 79.0. The van der Waals surface area contributed by atoms with Crippen LogP contribution in [-0.4, -0.2) is 274 Å². The quantitative estimate of drug-likeness (QED) is 0.205. The Balaban J connectivity index is -0.000000925. The standard InChI is InChI=1S/4C10H20O5.3C5H5N2.2K.Li/c4*1-2-12-5-6-14-9-10-15-8-7-13-4-3-11-1;3*6-5-3-1-2-4-7-5;;;/h4*1-10H2;3*1-4H,(H-,6,7);;;/q;;;;3*-1;3*+1/p+1. The minimum Gasteiger partial charge on any atom is -0.482 e. The third-order valence-corrected chi connectivity index (χ3v) is 9.46. The first-order valence-electron chi connectivity index (χ1n) is 27.6. The number of hydrogen-bond donors (Lipinski definition) is 1. The Morgan fingerprint density at radius 1 is 0.262 bits per heavy atom. The van der Waals surface area contributed by atoms with Crippen LogP contribution >= 0.6 is 0 Å². The first kappa shape index (κ1) is 88.1. The Morgan fingerprint density at radius 2 is 0.417 bits per heavy atom. The van der Waals surface area contributed by atoms with Crippen molar-refractivity contribution >= 4 is 11.6 Å². The van der Waals surface area contributed by atoms with Crippen LogP contribution in [0.1, 0.15) is 0 Å². The molecule has 0 unspecified atom stereocenters. The van der Waals surface area contributed by atoms with Gasteiger partial charge in [0.15, 0.2) is 0 Å². The molecule has 3 aromatic rings. The summed E-state index contributed by atoms with van der Waals surface area (Å²) >= 11 is 0. The third-order valence-electron chi connectivity index (χ3n) is 9.46. The summed E-state index contributed by atoms with van der Waals surface area (Å²) in [6.07, 6.45) is 4.86. The zero-order valence-corrected chi connectivity index (χ0v) is 57.0. The number of pyridine rings is 3. The molecule has 0 spiro atoms. The molecule has 0 atom stereocenters. The largest absolute Gasteiger partial charge is 1.00 e. The van der Waals surface area contributed by atoms with Crippen molar-refractivity contribution in [2.75, 3.05) is 264 Å². The van der Waals surface area contributed by atoms with Crippen LogP contribution in [0.25, 0.3) is 11.5 Å². The fraction of sp³-hybridized carbons (Fsp3) is 0.727. The Kier molecular flexibility index (Phi) is 82.9. The van der Waals surface area contributed by atoms with Crippen molar-refractivity contribution in [1.29, 1.82) is 0 Å². The van der Waals surface area contributed by atoms with Crippen LogP contribution in [0.4, 0.5) is 11.6 Å². The van der Waals surface area contributed by atoms with Gasteiger partial charge in [-0.1, -0.05) is 66.5 Å². The fourth-order valence-corrected chi connectivity index (χ4v) is 5.50. The summed E-state index contributed by atoms with van der Waals surface area (Å²) in [5.74, 6) is 0.644. The fourth-order valence-electron chi connectivity index (χ4n) is 5.50. The molecule has 29 heteroatoms. The number of rotatable bonds is 0. The summed E-state index contributed by atoms with van der Waals surface area (Å²) in [6, 6.07) is 15.9. The number of nitrogens with two attached hydrogens (primary N) is 1. The van der Waals surface area contributed by atoms with Crippen molar-refractivity contribution in [2.45, 2.75) is 0 Å². The molecule has 4 aliphatic rings. The van der Waals surface area contributed by atoms with Crippen LogP contribution in [0.3, 0.4) is 0 Å². The Labute approximate surface area is 596 Å². The van der Waals surface area contributed by atoms with E-state index >= 15 is 0 Å². The number of aromatic nitrogens is 3. The van der Waals surface area contributed by atoms with Gasteiger partial charge < -0.3 is 122 Å². The molecule has 4 N–H and O–H groups in total. The number of nitrogens with zero attached hydrogens (tertiary/aromatic N) is 3. The maximum Gasteiger partial charge on any atom is 1.00 e. The second-order valence-corrected chi connectivity index (χ2v) is 15.9. The number of hydrogen-bond acceptors (Lipinski definition) is 22. The van der Waals surface area contributed by atoms with Crippen LogP contribution in [0.5, 0.6) is 0 Å². The molecule has 0 aromatic carbocycles. The van der Waals surface area contributed by atoms with Crippen molar-refractivity contribution in [1.82, 2.24) is 15.0 Å². The van der Waals surface area contributed by atoms with Crippen LogP contribution in [-0.2, 0) is 94.7 Å². The minimum absolute atomic E-state index is 0. The Hall–Kier alpha value is -0.0799. The van der Waals surface area contributed by atoms with Gasteiger partial charge in [-0.25, -0.2) is 4.98 Å². The second-order valence-electron chi connectivity index (χ2n) is 15.9. The third kappa shape index (κ3) is 76.2. The van der Waals surface area contributed by atoms with E-state index in [1.165, 1.54) is 0 Å². The minimum atomic E-state index is 0. The van der Waals surface area contributed by atoms with Crippen LogP contribution in [0.15, 0.2) is 73.2 Å². The zero-order valence-electron chi connectivity index (χ0n) is 50.8. The van der Waals surface area contributed by atoms with E-state index in [0.717, 1.165) is 0 Å². The van der Waals surface area contributed by atoms with Crippen LogP contribution < -0.4 is 138 Å². The van der Waals surface area contributed by atoms with Gasteiger partial charge in [-0.05, 0) is 12.1 Å². The van der Waals surface area contributed by atoms with Crippen molar-refractivity contribution in [3.8, 4) is 0 Å². The van der Waals surface area contributed by atoms with Gasteiger partial charge in [0.05, 0.1) is 264 Å². The molecule has 0 saturated carbocycles. The van der Waals surface area contributed by atoms with Crippen molar-refractivity contribution in [2.24, 2.45) is 0 Å². The van der Waals surface area contributed by atoms with E-state index in [-0.39, 0.29) is 122 Å². The molecule has 4 aliphatic heterocycles. The maximum absolute atomic E-state index is 6.88. The smallest absolute Gasteiger partial charge is 0.482 e. The van der Waals surface area contributed by atoms with Gasteiger partial charge in [0.2, 0.25) is 0 Å². The molecule has 468 valence electrons. The van der Waals surface area contributed by atoms with E-state index in [1.807, 2.05) is 12.1 Å². The van der Waals surface area contributed by atoms with E-state index in [4.69, 9.17) is 112 Å². The van der Waals surface area contributed by atoms with Crippen LogP contribution in [0.2, 0.25) is 0 Å². The van der Waals surface area contributed by atoms with Crippen molar-refractivity contribution in [3.05, 3.63) is 90.1 Å². The molecule has 4 fully saturated rings. The van der Waals surface area contributed by atoms with E-state index < -0.39 is 0 Å². The predicted molar refractivity (Wildman–Crippen MR) is 298 cm³/mol. The predicted octanol–water partition coefficient (Wildman–Crippen LogP) is -6.82. The Bertz CT molecular complexity index is 1290. The first-order valence-corrected chi connectivity index (χ1v) is 27.6. The van der Waals surface area contributed by atoms with Gasteiger partial charge in [-0.15, -0.1) is 0 Å². The van der Waals surface area contributed by atoms with Gasteiger partial charge in [0, 0.05) is 6.20 Å². The van der Waals surface area contributed by atoms with Gasteiger partial charge in [0.1, 0.15) is 5.49 Å². The molecule has 0 amide bonds. The molecule has 7 heterocycles. The van der Waals surface area contributed by atoms with Gasteiger partial charge >= 0.3 is 122 Å². The molecular weight excluding hydrogens is 1150 g/mol. The van der Waals surface area contributed by atoms with Crippen LogP contribution in [0, 0.1) is 0 Å². The average Bonchev–Trinajstić information content (AvgIpc) is 3.53. The molecule has 4 saturated heterocycles. The maximum atomic E-state index is 6.88. The van der Waals surface area contributed by atoms with Crippen molar-refractivity contribution < 1.29 is 222 Å². The average molecular weight is 1250 g/mol. The molecule has 0 radical (unpaired) electrons. The molecule has 0 aliphatic carbocycles. The SMILES string of the molecule is C1COCCOCCOCCOCCO1.C1COCCOCCOCCOCCO1.C1COCCOCCOCCOCCO1.C1COCCOCCOCCOCCO1.[K+].[K+].[Li+].[NH-]c1ccccn1.[NH-]c1ccccn1.[NH2+]=c1cccc[n-]1. The molecule has 0 bridgehead atoms. The molecule has 7 rings (SSSR count). The summed E-state index contributed by atoms with van der Waals surface area (Å²) in [5.41, 5.74) is 14.3. The number of nitrogens with one attached hydrogen (secondary N) is 2. The normalized spacial score (nSPS) is 19.3. The zero-order chi connectivity index (χ0) is 57.8. The molecular formula is C55H96K2LiN6O20+. The summed E-state index contributed by atoms with van der Waals surface area (Å²) in [6.45, 7) is 24.4. The topological polar surface area (TPSA) is 298 Å². The summed E-state index contributed by atoms with van der Waals surface area (Å²) < 4.78 is 106. The van der Waals surface area contributed by atoms with E-state index in [9.17, 15) is 0 Å². The van der Waals surface area contributed by atoms with Crippen molar-refractivity contribution in [3.63, 3.8) is 0 Å². The monoisotopic (exact) mass is 1250 g/mol.